The van der Waals surface area contributed by atoms with Crippen molar-refractivity contribution >= 4 is 11.9 Å². The number of benzene rings is 2. The van der Waals surface area contributed by atoms with Crippen LogP contribution in [0.1, 0.15) is 23.0 Å². The lowest BCUT2D eigenvalue weighted by Crippen LogP contribution is -2.30. The molecule has 8 nitrogen and oxygen atoms in total. The second kappa shape index (κ2) is 10.8. The number of amides is 1. The topological polar surface area (TPSA) is 91.7 Å². The number of methoxy groups -OCH3 is 1. The van der Waals surface area contributed by atoms with E-state index in [1.54, 1.807) is 20.2 Å². The molecule has 0 unspecified atom stereocenters. The summed E-state index contributed by atoms with van der Waals surface area (Å²) in [6, 6.07) is 16.9. The van der Waals surface area contributed by atoms with E-state index < -0.39 is 5.97 Å². The van der Waals surface area contributed by atoms with Gasteiger partial charge in [0.25, 0.3) is 5.91 Å². The molecule has 0 bridgehead atoms. The third-order valence-corrected chi connectivity index (χ3v) is 4.42. The van der Waals surface area contributed by atoms with Crippen molar-refractivity contribution in [2.75, 3.05) is 26.9 Å². The summed E-state index contributed by atoms with van der Waals surface area (Å²) in [5.41, 5.74) is 1.86. The number of esters is 1. The van der Waals surface area contributed by atoms with E-state index >= 15 is 0 Å². The van der Waals surface area contributed by atoms with Gasteiger partial charge in [-0.05, 0) is 43.2 Å². The van der Waals surface area contributed by atoms with E-state index in [2.05, 4.69) is 10.4 Å². The van der Waals surface area contributed by atoms with Crippen molar-refractivity contribution in [3.05, 3.63) is 72.1 Å². The maximum absolute atomic E-state index is 12.2. The first-order valence-corrected chi connectivity index (χ1v) is 9.95. The number of rotatable bonds is 10. The third kappa shape index (κ3) is 6.08. The van der Waals surface area contributed by atoms with Crippen molar-refractivity contribution in [2.45, 2.75) is 13.3 Å². The van der Waals surface area contributed by atoms with Crippen LogP contribution < -0.4 is 14.8 Å². The average molecular weight is 423 g/mol. The summed E-state index contributed by atoms with van der Waals surface area (Å²) in [6.07, 6.45) is 2.24. The number of para-hydroxylation sites is 1. The molecule has 0 fully saturated rings. The van der Waals surface area contributed by atoms with Gasteiger partial charge in [0.15, 0.2) is 12.4 Å². The van der Waals surface area contributed by atoms with Crippen LogP contribution in [0.2, 0.25) is 0 Å². The number of nitrogens with one attached hydrogen (secondary N) is 1. The first-order chi connectivity index (χ1) is 15.1. The van der Waals surface area contributed by atoms with Gasteiger partial charge in [0.1, 0.15) is 5.75 Å². The standard InChI is InChI=1S/C23H25N3O5/c1-3-30-23(28)22-20(15-26(25-22)18-7-5-4-6-8-18)31-16-21(27)24-14-13-17-9-11-19(29-2)12-10-17/h4-12,15H,3,13-14,16H2,1-2H3,(H,24,27). The number of aromatic nitrogens is 2. The first kappa shape index (κ1) is 21.9. The normalized spacial score (nSPS) is 10.4. The summed E-state index contributed by atoms with van der Waals surface area (Å²) in [5, 5.41) is 7.07. The van der Waals surface area contributed by atoms with E-state index in [0.717, 1.165) is 17.0 Å². The maximum Gasteiger partial charge on any atom is 0.362 e. The Morgan fingerprint density at radius 1 is 1.06 bits per heavy atom. The molecule has 1 N–H and O–H groups in total. The lowest BCUT2D eigenvalue weighted by Gasteiger charge is -2.08. The highest BCUT2D eigenvalue weighted by molar-refractivity contribution is 5.90. The minimum absolute atomic E-state index is 0.0248. The number of carbonyl (C=O) groups excluding carboxylic acids is 2. The van der Waals surface area contributed by atoms with Gasteiger partial charge in [-0.2, -0.15) is 5.10 Å². The van der Waals surface area contributed by atoms with Gasteiger partial charge >= 0.3 is 5.97 Å². The minimum atomic E-state index is -0.605. The van der Waals surface area contributed by atoms with Crippen LogP contribution in [0.25, 0.3) is 5.69 Å². The molecular formula is C23H25N3O5. The summed E-state index contributed by atoms with van der Waals surface area (Å²) in [7, 11) is 1.62. The van der Waals surface area contributed by atoms with E-state index in [9.17, 15) is 9.59 Å². The zero-order chi connectivity index (χ0) is 22.1. The monoisotopic (exact) mass is 423 g/mol. The van der Waals surface area contributed by atoms with E-state index in [1.807, 2.05) is 54.6 Å². The molecule has 162 valence electrons. The Morgan fingerprint density at radius 3 is 2.48 bits per heavy atom. The molecule has 3 aromatic rings. The molecule has 1 amide bonds. The lowest BCUT2D eigenvalue weighted by atomic mass is 10.1. The highest BCUT2D eigenvalue weighted by Gasteiger charge is 2.21. The second-order valence-corrected chi connectivity index (χ2v) is 6.58. The Morgan fingerprint density at radius 2 is 1.81 bits per heavy atom. The van der Waals surface area contributed by atoms with E-state index in [4.69, 9.17) is 14.2 Å². The molecule has 2 aromatic carbocycles. The Balaban J connectivity index is 1.58. The van der Waals surface area contributed by atoms with Crippen LogP contribution in [-0.4, -0.2) is 48.5 Å². The molecule has 0 saturated carbocycles. The minimum Gasteiger partial charge on any atom is -0.497 e. The molecule has 0 spiro atoms. The molecule has 0 radical (unpaired) electrons. The van der Waals surface area contributed by atoms with E-state index in [0.29, 0.717) is 13.0 Å². The molecule has 0 aliphatic rings. The number of ether oxygens (including phenoxy) is 3. The largest absolute Gasteiger partial charge is 0.497 e. The number of carbonyl (C=O) groups is 2. The molecule has 3 rings (SSSR count). The molecule has 1 heterocycles. The van der Waals surface area contributed by atoms with Crippen LogP contribution in [0.15, 0.2) is 60.8 Å². The number of hydrogen-bond acceptors (Lipinski definition) is 6. The predicted molar refractivity (Wildman–Crippen MR) is 115 cm³/mol. The molecular weight excluding hydrogens is 398 g/mol. The fourth-order valence-corrected chi connectivity index (χ4v) is 2.85. The van der Waals surface area contributed by atoms with Crippen molar-refractivity contribution in [3.8, 4) is 17.2 Å². The van der Waals surface area contributed by atoms with Gasteiger partial charge in [-0.15, -0.1) is 0 Å². The fourth-order valence-electron chi connectivity index (χ4n) is 2.85. The summed E-state index contributed by atoms with van der Waals surface area (Å²) < 4.78 is 17.3. The van der Waals surface area contributed by atoms with Crippen molar-refractivity contribution in [1.82, 2.24) is 15.1 Å². The Kier molecular flexibility index (Phi) is 7.64. The molecule has 0 atom stereocenters. The number of hydrogen-bond donors (Lipinski definition) is 1. The first-order valence-electron chi connectivity index (χ1n) is 9.95. The van der Waals surface area contributed by atoms with Crippen LogP contribution in [0.3, 0.4) is 0 Å². The molecule has 0 aliphatic carbocycles. The van der Waals surface area contributed by atoms with Crippen LogP contribution in [0.5, 0.6) is 11.5 Å². The SMILES string of the molecule is CCOC(=O)c1nn(-c2ccccc2)cc1OCC(=O)NCCc1ccc(OC)cc1. The fraction of sp³-hybridized carbons (Fsp3) is 0.261. The van der Waals surface area contributed by atoms with Gasteiger partial charge in [0, 0.05) is 6.54 Å². The van der Waals surface area contributed by atoms with Gasteiger partial charge in [-0.25, -0.2) is 9.48 Å². The van der Waals surface area contributed by atoms with E-state index in [1.165, 1.54) is 4.68 Å². The van der Waals surface area contributed by atoms with Crippen molar-refractivity contribution in [2.24, 2.45) is 0 Å². The Labute approximate surface area is 180 Å². The van der Waals surface area contributed by atoms with Gasteiger partial charge in [-0.1, -0.05) is 30.3 Å². The zero-order valence-corrected chi connectivity index (χ0v) is 17.5. The highest BCUT2D eigenvalue weighted by atomic mass is 16.5. The zero-order valence-electron chi connectivity index (χ0n) is 17.5. The van der Waals surface area contributed by atoms with Gasteiger partial charge in [0.05, 0.1) is 25.6 Å². The second-order valence-electron chi connectivity index (χ2n) is 6.58. The Hall–Kier alpha value is -3.81. The maximum atomic E-state index is 12.2. The summed E-state index contributed by atoms with van der Waals surface area (Å²) in [5.74, 6) is 0.0742. The molecule has 31 heavy (non-hydrogen) atoms. The molecule has 0 aliphatic heterocycles. The molecule has 0 saturated heterocycles. The highest BCUT2D eigenvalue weighted by Crippen LogP contribution is 2.21. The smallest absolute Gasteiger partial charge is 0.362 e. The average Bonchev–Trinajstić information content (AvgIpc) is 3.23. The van der Waals surface area contributed by atoms with Crippen molar-refractivity contribution in [1.29, 1.82) is 0 Å². The molecule has 1 aromatic heterocycles. The summed E-state index contributed by atoms with van der Waals surface area (Å²) >= 11 is 0. The summed E-state index contributed by atoms with van der Waals surface area (Å²) in [6.45, 7) is 2.14. The third-order valence-electron chi connectivity index (χ3n) is 4.42. The van der Waals surface area contributed by atoms with Gasteiger partial charge in [-0.3, -0.25) is 4.79 Å². The summed E-state index contributed by atoms with van der Waals surface area (Å²) in [4.78, 5) is 24.4. The quantitative estimate of drug-likeness (QED) is 0.504. The van der Waals surface area contributed by atoms with E-state index in [-0.39, 0.29) is 30.6 Å². The predicted octanol–water partition coefficient (Wildman–Crippen LogP) is 2.80. The van der Waals surface area contributed by atoms with Gasteiger partial charge < -0.3 is 19.5 Å². The van der Waals surface area contributed by atoms with Crippen LogP contribution >= 0.6 is 0 Å². The number of nitrogens with zero attached hydrogens (tertiary/aromatic N) is 2. The molecule has 8 heteroatoms. The van der Waals surface area contributed by atoms with Crippen molar-refractivity contribution in [3.63, 3.8) is 0 Å². The van der Waals surface area contributed by atoms with Gasteiger partial charge in [0.2, 0.25) is 5.69 Å². The van der Waals surface area contributed by atoms with Crippen LogP contribution in [0.4, 0.5) is 0 Å². The van der Waals surface area contributed by atoms with Crippen LogP contribution in [0, 0.1) is 0 Å². The van der Waals surface area contributed by atoms with Crippen molar-refractivity contribution < 1.29 is 23.8 Å². The van der Waals surface area contributed by atoms with Crippen LogP contribution in [-0.2, 0) is 16.0 Å². The Bertz CT molecular complexity index is 1000. The lowest BCUT2D eigenvalue weighted by molar-refractivity contribution is -0.123.